The number of H-pyrrole nitrogens is 1. The Morgan fingerprint density at radius 3 is 2.63 bits per heavy atom. The van der Waals surface area contributed by atoms with E-state index in [1.165, 1.54) is 0 Å². The fraction of sp³-hybridized carbons (Fsp3) is 0.423. The Bertz CT molecular complexity index is 1150. The van der Waals surface area contributed by atoms with Crippen molar-refractivity contribution < 1.29 is 19.1 Å². The first-order valence-electron chi connectivity index (χ1n) is 11.9. The van der Waals surface area contributed by atoms with Crippen LogP contribution in [-0.4, -0.2) is 40.9 Å². The zero-order chi connectivity index (χ0) is 24.8. The monoisotopic (exact) mass is 479 g/mol. The maximum Gasteiger partial charge on any atom is 0.407 e. The number of carbonyl (C=O) groups excluding carboxylic acids is 2. The minimum atomic E-state index is -1.07. The number of nitrogens with one attached hydrogen (secondary N) is 3. The van der Waals surface area contributed by atoms with Gasteiger partial charge in [0, 0.05) is 17.5 Å². The first kappa shape index (κ1) is 24.7. The molecule has 1 atom stereocenters. The highest BCUT2D eigenvalue weighted by Crippen LogP contribution is 2.28. The van der Waals surface area contributed by atoms with Crippen LogP contribution in [0.2, 0.25) is 0 Å². The van der Waals surface area contributed by atoms with Crippen LogP contribution in [0.1, 0.15) is 49.6 Å². The normalized spacial score (nSPS) is 14.5. The van der Waals surface area contributed by atoms with Gasteiger partial charge < -0.3 is 25.8 Å². The molecule has 0 spiro atoms. The third-order valence-electron chi connectivity index (χ3n) is 5.92. The number of fused-ring (bicyclic) bond motifs is 1. The number of amides is 2. The average molecular weight is 480 g/mol. The highest BCUT2D eigenvalue weighted by molar-refractivity contribution is 5.88. The minimum absolute atomic E-state index is 0.0777. The van der Waals surface area contributed by atoms with Crippen molar-refractivity contribution in [3.05, 3.63) is 65.4 Å². The van der Waals surface area contributed by atoms with Gasteiger partial charge in [0.1, 0.15) is 6.61 Å². The molecule has 0 saturated heterocycles. The van der Waals surface area contributed by atoms with Crippen molar-refractivity contribution in [2.24, 2.45) is 11.7 Å². The fourth-order valence-electron chi connectivity index (χ4n) is 3.69. The molecule has 1 heterocycles. The van der Waals surface area contributed by atoms with Crippen LogP contribution in [0.25, 0.3) is 10.9 Å². The summed E-state index contributed by atoms with van der Waals surface area (Å²) in [6, 6.07) is 14.9. The summed E-state index contributed by atoms with van der Waals surface area (Å²) in [6.45, 7) is 4.60. The topological polar surface area (TPSA) is 131 Å². The molecular formula is C26H33N5O4. The quantitative estimate of drug-likeness (QED) is 0.334. The largest absolute Gasteiger partial charge is 0.445 e. The lowest BCUT2D eigenvalue weighted by atomic mass is 10.0. The summed E-state index contributed by atoms with van der Waals surface area (Å²) in [4.78, 5) is 24.9. The van der Waals surface area contributed by atoms with Gasteiger partial charge in [-0.2, -0.15) is 5.10 Å². The number of ether oxygens (including phenoxy) is 2. The molecule has 186 valence electrons. The molecule has 9 nitrogen and oxygen atoms in total. The van der Waals surface area contributed by atoms with Crippen LogP contribution in [0.5, 0.6) is 0 Å². The predicted molar refractivity (Wildman–Crippen MR) is 132 cm³/mol. The van der Waals surface area contributed by atoms with Gasteiger partial charge in [-0.05, 0) is 44.2 Å². The highest BCUT2D eigenvalue weighted by atomic mass is 16.5. The number of hydrogen-bond acceptors (Lipinski definition) is 6. The van der Waals surface area contributed by atoms with E-state index in [9.17, 15) is 9.59 Å². The maximum absolute atomic E-state index is 12.8. The molecule has 1 aromatic heterocycles. The van der Waals surface area contributed by atoms with E-state index in [2.05, 4.69) is 20.8 Å². The number of aromatic nitrogens is 2. The van der Waals surface area contributed by atoms with Crippen LogP contribution in [0.15, 0.2) is 48.5 Å². The summed E-state index contributed by atoms with van der Waals surface area (Å²) in [7, 11) is 0. The Balaban J connectivity index is 1.52. The van der Waals surface area contributed by atoms with Crippen LogP contribution in [0, 0.1) is 5.92 Å². The van der Waals surface area contributed by atoms with Crippen LogP contribution in [0.3, 0.4) is 0 Å². The van der Waals surface area contributed by atoms with Crippen molar-refractivity contribution in [2.75, 3.05) is 13.2 Å². The molecule has 0 aliphatic heterocycles. The van der Waals surface area contributed by atoms with Crippen molar-refractivity contribution in [3.8, 4) is 0 Å². The number of rotatable bonds is 11. The average Bonchev–Trinajstić information content (AvgIpc) is 3.57. The predicted octanol–water partition coefficient (Wildman–Crippen LogP) is 3.31. The molecule has 0 unspecified atom stereocenters. The van der Waals surface area contributed by atoms with E-state index >= 15 is 0 Å². The van der Waals surface area contributed by atoms with Gasteiger partial charge in [0.05, 0.1) is 36.0 Å². The summed E-state index contributed by atoms with van der Waals surface area (Å²) in [5.41, 5.74) is 8.14. The molecule has 0 bridgehead atoms. The maximum atomic E-state index is 12.8. The third kappa shape index (κ3) is 6.80. The van der Waals surface area contributed by atoms with Crippen molar-refractivity contribution in [3.63, 3.8) is 0 Å². The summed E-state index contributed by atoms with van der Waals surface area (Å²) in [5.74, 6) is 0.250. The van der Waals surface area contributed by atoms with E-state index in [0.717, 1.165) is 29.4 Å². The first-order chi connectivity index (χ1) is 16.8. The second-order valence-corrected chi connectivity index (χ2v) is 9.60. The van der Waals surface area contributed by atoms with Gasteiger partial charge in [-0.1, -0.05) is 42.5 Å². The van der Waals surface area contributed by atoms with E-state index < -0.39 is 17.7 Å². The minimum Gasteiger partial charge on any atom is -0.445 e. The van der Waals surface area contributed by atoms with Crippen molar-refractivity contribution in [1.82, 2.24) is 20.8 Å². The third-order valence-corrected chi connectivity index (χ3v) is 5.92. The number of aromatic amines is 1. The van der Waals surface area contributed by atoms with E-state index in [1.807, 2.05) is 48.5 Å². The summed E-state index contributed by atoms with van der Waals surface area (Å²) in [5, 5.41) is 14.0. The second kappa shape index (κ2) is 10.9. The zero-order valence-corrected chi connectivity index (χ0v) is 20.2. The molecule has 1 aliphatic rings. The molecule has 2 aromatic carbocycles. The number of benzene rings is 2. The lowest BCUT2D eigenvalue weighted by Crippen LogP contribution is -2.50. The van der Waals surface area contributed by atoms with Crippen molar-refractivity contribution in [2.45, 2.75) is 51.5 Å². The Morgan fingerprint density at radius 2 is 1.91 bits per heavy atom. The van der Waals surface area contributed by atoms with E-state index in [1.54, 1.807) is 13.8 Å². The number of alkyl carbamates (subject to hydrolysis) is 1. The van der Waals surface area contributed by atoms with Crippen LogP contribution in [-0.2, 0) is 27.5 Å². The SMILES string of the molecule is CC(C)(N)C(=O)N[C@H](COCc1ccccc1)c1[nH]nc2cccc(COC(=O)NCC3CC3)c12. The number of carbonyl (C=O) groups is 2. The molecule has 35 heavy (non-hydrogen) atoms. The fourth-order valence-corrected chi connectivity index (χ4v) is 3.69. The van der Waals surface area contributed by atoms with E-state index in [4.69, 9.17) is 15.2 Å². The van der Waals surface area contributed by atoms with Gasteiger partial charge in [0.15, 0.2) is 0 Å². The van der Waals surface area contributed by atoms with Crippen LogP contribution >= 0.6 is 0 Å². The molecule has 0 radical (unpaired) electrons. The van der Waals surface area contributed by atoms with E-state index in [-0.39, 0.29) is 19.1 Å². The van der Waals surface area contributed by atoms with Crippen LogP contribution in [0.4, 0.5) is 4.79 Å². The Hall–Kier alpha value is -3.43. The van der Waals surface area contributed by atoms with Gasteiger partial charge in [-0.25, -0.2) is 4.79 Å². The summed E-state index contributed by atoms with van der Waals surface area (Å²) < 4.78 is 11.4. The standard InChI is InChI=1S/C26H33N5O4/c1-26(2,27)24(32)29-21(16-34-14-18-7-4-3-5-8-18)23-22-19(9-6-10-20(22)30-31-23)15-35-25(33)28-13-17-11-12-17/h3-10,17,21H,11-16,27H2,1-2H3,(H,28,33)(H,29,32)(H,30,31)/t21-/m1/s1. The van der Waals surface area contributed by atoms with E-state index in [0.29, 0.717) is 30.3 Å². The van der Waals surface area contributed by atoms with Gasteiger partial charge >= 0.3 is 6.09 Å². The molecular weight excluding hydrogens is 446 g/mol. The van der Waals surface area contributed by atoms with Crippen LogP contribution < -0.4 is 16.4 Å². The smallest absolute Gasteiger partial charge is 0.407 e. The molecule has 2 amide bonds. The van der Waals surface area contributed by atoms with Gasteiger partial charge in [-0.15, -0.1) is 0 Å². The highest BCUT2D eigenvalue weighted by Gasteiger charge is 2.28. The van der Waals surface area contributed by atoms with Crippen molar-refractivity contribution >= 4 is 22.9 Å². The Kier molecular flexibility index (Phi) is 7.67. The molecule has 1 aliphatic carbocycles. The summed E-state index contributed by atoms with van der Waals surface area (Å²) in [6.07, 6.45) is 1.86. The van der Waals surface area contributed by atoms with Gasteiger partial charge in [0.25, 0.3) is 0 Å². The molecule has 3 aromatic rings. The lowest BCUT2D eigenvalue weighted by molar-refractivity contribution is -0.126. The number of hydrogen-bond donors (Lipinski definition) is 4. The second-order valence-electron chi connectivity index (χ2n) is 9.60. The van der Waals surface area contributed by atoms with Crippen molar-refractivity contribution in [1.29, 1.82) is 0 Å². The number of nitrogens with two attached hydrogens (primary N) is 1. The molecule has 1 fully saturated rings. The first-order valence-corrected chi connectivity index (χ1v) is 11.9. The van der Waals surface area contributed by atoms with Gasteiger partial charge in [-0.3, -0.25) is 9.89 Å². The summed E-state index contributed by atoms with van der Waals surface area (Å²) >= 11 is 0. The Labute approximate surface area is 204 Å². The molecule has 4 rings (SSSR count). The van der Waals surface area contributed by atoms with Gasteiger partial charge in [0.2, 0.25) is 5.91 Å². The molecule has 5 N–H and O–H groups in total. The molecule has 9 heteroatoms. The zero-order valence-electron chi connectivity index (χ0n) is 20.2. The number of nitrogens with zero attached hydrogens (tertiary/aromatic N) is 1. The molecule has 1 saturated carbocycles. The Morgan fingerprint density at radius 1 is 1.14 bits per heavy atom. The lowest BCUT2D eigenvalue weighted by Gasteiger charge is -2.24.